The van der Waals surface area contributed by atoms with Crippen molar-refractivity contribution in [2.45, 2.75) is 25.3 Å². The summed E-state index contributed by atoms with van der Waals surface area (Å²) in [5, 5.41) is 15.2. The highest BCUT2D eigenvalue weighted by Crippen LogP contribution is 2.27. The molecule has 0 fully saturated rings. The average Bonchev–Trinajstić information content (AvgIpc) is 3.09. The number of hydrogen-bond acceptors (Lipinski definition) is 5. The largest absolute Gasteiger partial charge is 0.280 e. The quantitative estimate of drug-likeness (QED) is 0.517. The van der Waals surface area contributed by atoms with Crippen LogP contribution in [0.3, 0.4) is 0 Å². The Balaban J connectivity index is 1.92. The number of non-ortho nitro benzene ring substituents is 1. The van der Waals surface area contributed by atoms with Gasteiger partial charge in [0.15, 0.2) is 0 Å². The van der Waals surface area contributed by atoms with Gasteiger partial charge in [-0.2, -0.15) is 5.10 Å². The van der Waals surface area contributed by atoms with Crippen LogP contribution in [0.25, 0.3) is 0 Å². The first-order chi connectivity index (χ1) is 12.8. The van der Waals surface area contributed by atoms with E-state index in [0.717, 1.165) is 11.6 Å². The number of rotatable bonds is 6. The molecule has 0 unspecified atom stereocenters. The van der Waals surface area contributed by atoms with Crippen LogP contribution >= 0.6 is 0 Å². The molecule has 0 aliphatic rings. The van der Waals surface area contributed by atoms with Crippen LogP contribution in [0.1, 0.15) is 16.7 Å². The Hall–Kier alpha value is -3.20. The maximum atomic E-state index is 12.8. The molecule has 1 heterocycles. The molecule has 0 spiro atoms. The van der Waals surface area contributed by atoms with Gasteiger partial charge in [0.1, 0.15) is 0 Å². The number of aryl methyl sites for hydroxylation is 1. The summed E-state index contributed by atoms with van der Waals surface area (Å²) < 4.78 is 29.9. The van der Waals surface area contributed by atoms with E-state index in [0.29, 0.717) is 23.4 Å². The first-order valence-corrected chi connectivity index (χ1v) is 9.59. The Labute approximate surface area is 156 Å². The van der Waals surface area contributed by atoms with Crippen LogP contribution in [0.15, 0.2) is 59.8 Å². The normalized spacial score (nSPS) is 11.3. The van der Waals surface area contributed by atoms with Crippen molar-refractivity contribution in [1.29, 1.82) is 0 Å². The van der Waals surface area contributed by atoms with Crippen LogP contribution in [0.2, 0.25) is 0 Å². The number of nitro benzene ring substituents is 1. The highest BCUT2D eigenvalue weighted by atomic mass is 32.2. The van der Waals surface area contributed by atoms with Gasteiger partial charge in [-0.3, -0.25) is 19.5 Å². The molecule has 0 saturated heterocycles. The van der Waals surface area contributed by atoms with E-state index in [4.69, 9.17) is 0 Å². The molecule has 0 bridgehead atoms. The van der Waals surface area contributed by atoms with E-state index in [1.54, 1.807) is 49.0 Å². The van der Waals surface area contributed by atoms with E-state index in [1.165, 1.54) is 6.07 Å². The molecule has 0 aliphatic heterocycles. The van der Waals surface area contributed by atoms with Crippen LogP contribution < -0.4 is 4.72 Å². The molecule has 3 rings (SSSR count). The number of benzene rings is 2. The van der Waals surface area contributed by atoms with E-state index >= 15 is 0 Å². The SMILES string of the molecule is Cc1cc([N+](=O)[O-])cc(S(=O)(=O)Nc2cccc(Cn3cccn3)c2)c1C. The van der Waals surface area contributed by atoms with Gasteiger partial charge in [-0.25, -0.2) is 8.42 Å². The molecular formula is C18H18N4O4S. The van der Waals surface area contributed by atoms with Crippen molar-refractivity contribution < 1.29 is 13.3 Å². The number of nitrogens with one attached hydrogen (secondary N) is 1. The second-order valence-electron chi connectivity index (χ2n) is 6.15. The molecule has 0 saturated carbocycles. The second-order valence-corrected chi connectivity index (χ2v) is 7.80. The molecule has 1 aromatic heterocycles. The lowest BCUT2D eigenvalue weighted by molar-refractivity contribution is -0.385. The van der Waals surface area contributed by atoms with Crippen LogP contribution in [0.5, 0.6) is 0 Å². The zero-order valence-corrected chi connectivity index (χ0v) is 15.6. The summed E-state index contributed by atoms with van der Waals surface area (Å²) >= 11 is 0. The van der Waals surface area contributed by atoms with Crippen LogP contribution in [0, 0.1) is 24.0 Å². The summed E-state index contributed by atoms with van der Waals surface area (Å²) in [5.41, 5.74) is 2.00. The average molecular weight is 386 g/mol. The number of nitrogens with zero attached hydrogens (tertiary/aromatic N) is 3. The topological polar surface area (TPSA) is 107 Å². The Bertz CT molecular complexity index is 1090. The number of anilines is 1. The molecule has 0 radical (unpaired) electrons. The summed E-state index contributed by atoms with van der Waals surface area (Å²) in [6.45, 7) is 3.77. The summed E-state index contributed by atoms with van der Waals surface area (Å²) in [6, 6.07) is 11.2. The van der Waals surface area contributed by atoms with Gasteiger partial charge >= 0.3 is 0 Å². The number of sulfonamides is 1. The maximum Gasteiger partial charge on any atom is 0.271 e. The maximum absolute atomic E-state index is 12.8. The van der Waals surface area contributed by atoms with Crippen LogP contribution in [-0.2, 0) is 16.6 Å². The van der Waals surface area contributed by atoms with Crippen molar-refractivity contribution in [3.8, 4) is 0 Å². The van der Waals surface area contributed by atoms with E-state index < -0.39 is 14.9 Å². The lowest BCUT2D eigenvalue weighted by Crippen LogP contribution is -2.15. The Morgan fingerprint density at radius 2 is 1.96 bits per heavy atom. The second kappa shape index (κ2) is 7.20. The molecule has 0 amide bonds. The Morgan fingerprint density at radius 1 is 1.19 bits per heavy atom. The molecule has 27 heavy (non-hydrogen) atoms. The molecule has 3 aromatic rings. The van der Waals surface area contributed by atoms with Gasteiger partial charge in [-0.1, -0.05) is 12.1 Å². The van der Waals surface area contributed by atoms with Gasteiger partial charge in [-0.15, -0.1) is 0 Å². The summed E-state index contributed by atoms with van der Waals surface area (Å²) in [5.74, 6) is 0. The standard InChI is InChI=1S/C18H18N4O4S/c1-13-9-17(22(23)24)11-18(14(13)2)27(25,26)20-16-6-3-5-15(10-16)12-21-8-4-7-19-21/h3-11,20H,12H2,1-2H3. The van der Waals surface area contributed by atoms with E-state index in [-0.39, 0.29) is 10.6 Å². The van der Waals surface area contributed by atoms with E-state index in [9.17, 15) is 18.5 Å². The Morgan fingerprint density at radius 3 is 2.63 bits per heavy atom. The summed E-state index contributed by atoms with van der Waals surface area (Å²) in [7, 11) is -3.98. The van der Waals surface area contributed by atoms with Crippen molar-refractivity contribution >= 4 is 21.4 Å². The third-order valence-electron chi connectivity index (χ3n) is 4.19. The van der Waals surface area contributed by atoms with Gasteiger partial charge in [0.2, 0.25) is 0 Å². The van der Waals surface area contributed by atoms with Crippen LogP contribution in [-0.4, -0.2) is 23.1 Å². The number of aromatic nitrogens is 2. The molecule has 140 valence electrons. The fourth-order valence-corrected chi connectivity index (χ4v) is 4.10. The van der Waals surface area contributed by atoms with Crippen molar-refractivity contribution in [2.75, 3.05) is 4.72 Å². The zero-order chi connectivity index (χ0) is 19.6. The third kappa shape index (κ3) is 4.14. The predicted molar refractivity (Wildman–Crippen MR) is 101 cm³/mol. The minimum absolute atomic E-state index is 0.105. The molecule has 1 N–H and O–H groups in total. The molecule has 8 nitrogen and oxygen atoms in total. The molecular weight excluding hydrogens is 368 g/mol. The minimum atomic E-state index is -3.98. The fourth-order valence-electron chi connectivity index (χ4n) is 2.72. The minimum Gasteiger partial charge on any atom is -0.280 e. The first kappa shape index (κ1) is 18.6. The summed E-state index contributed by atoms with van der Waals surface area (Å²) in [6.07, 6.45) is 3.48. The monoisotopic (exact) mass is 386 g/mol. The van der Waals surface area contributed by atoms with Gasteiger partial charge in [0, 0.05) is 30.2 Å². The smallest absolute Gasteiger partial charge is 0.271 e. The van der Waals surface area contributed by atoms with Gasteiger partial charge in [-0.05, 0) is 48.7 Å². The lowest BCUT2D eigenvalue weighted by Gasteiger charge is -2.13. The van der Waals surface area contributed by atoms with Crippen molar-refractivity contribution in [3.05, 3.63) is 81.7 Å². The number of hydrogen-bond donors (Lipinski definition) is 1. The predicted octanol–water partition coefficient (Wildman–Crippen LogP) is 3.26. The van der Waals surface area contributed by atoms with E-state index in [1.807, 2.05) is 12.3 Å². The third-order valence-corrected chi connectivity index (χ3v) is 5.70. The molecule has 0 aliphatic carbocycles. The molecule has 2 aromatic carbocycles. The zero-order valence-electron chi connectivity index (χ0n) is 14.8. The highest BCUT2D eigenvalue weighted by molar-refractivity contribution is 7.92. The molecule has 0 atom stereocenters. The lowest BCUT2D eigenvalue weighted by atomic mass is 10.1. The van der Waals surface area contributed by atoms with Crippen LogP contribution in [0.4, 0.5) is 11.4 Å². The van der Waals surface area contributed by atoms with Crippen molar-refractivity contribution in [1.82, 2.24) is 9.78 Å². The first-order valence-electron chi connectivity index (χ1n) is 8.11. The van der Waals surface area contributed by atoms with Gasteiger partial charge < -0.3 is 0 Å². The van der Waals surface area contributed by atoms with Gasteiger partial charge in [0.05, 0.1) is 16.4 Å². The summed E-state index contributed by atoms with van der Waals surface area (Å²) in [4.78, 5) is 10.4. The van der Waals surface area contributed by atoms with E-state index in [2.05, 4.69) is 9.82 Å². The van der Waals surface area contributed by atoms with Gasteiger partial charge in [0.25, 0.3) is 15.7 Å². The fraction of sp³-hybridized carbons (Fsp3) is 0.167. The number of nitro groups is 1. The van der Waals surface area contributed by atoms with Crippen molar-refractivity contribution in [2.24, 2.45) is 0 Å². The van der Waals surface area contributed by atoms with Crippen molar-refractivity contribution in [3.63, 3.8) is 0 Å². The highest BCUT2D eigenvalue weighted by Gasteiger charge is 2.22. The molecule has 9 heteroatoms. The Kier molecular flexibility index (Phi) is 4.95.